The molecule has 0 spiro atoms. The van der Waals surface area contributed by atoms with Gasteiger partial charge >= 0.3 is 11.9 Å². The van der Waals surface area contributed by atoms with Crippen molar-refractivity contribution in [2.45, 2.75) is 154 Å². The third-order valence-electron chi connectivity index (χ3n) is 9.93. The van der Waals surface area contributed by atoms with Gasteiger partial charge in [-0.3, -0.25) is 9.59 Å². The minimum atomic E-state index is -4.18. The van der Waals surface area contributed by atoms with Crippen LogP contribution in [0.4, 0.5) is 0 Å². The van der Waals surface area contributed by atoms with Crippen molar-refractivity contribution in [1.82, 2.24) is 4.31 Å². The Kier molecular flexibility index (Phi) is 18.0. The number of rotatable bonds is 23. The summed E-state index contributed by atoms with van der Waals surface area (Å²) in [7, 11) is -7.26. The highest BCUT2D eigenvalue weighted by Crippen LogP contribution is 2.39. The minimum absolute atomic E-state index is 0.0795. The molecule has 4 atom stereocenters. The van der Waals surface area contributed by atoms with Crippen molar-refractivity contribution in [1.29, 1.82) is 0 Å². The molecular weight excluding hydrogens is 695 g/mol. The quantitative estimate of drug-likeness (QED) is 0.0652. The van der Waals surface area contributed by atoms with Crippen molar-refractivity contribution in [2.24, 2.45) is 0 Å². The highest BCUT2D eigenvalue weighted by atomic mass is 32.2. The Hall–Kier alpha value is -2.57. The topological polar surface area (TPSA) is 108 Å². The van der Waals surface area contributed by atoms with Crippen LogP contribution in [0.3, 0.4) is 0 Å². The Morgan fingerprint density at radius 3 is 1.54 bits per heavy atom. The number of benzene rings is 2. The average molecular weight is 760 g/mol. The van der Waals surface area contributed by atoms with E-state index >= 15 is 0 Å². The minimum Gasteiger partial charge on any atom is -0.456 e. The lowest BCUT2D eigenvalue weighted by Crippen LogP contribution is -2.67. The molecule has 0 radical (unpaired) electrons. The summed E-state index contributed by atoms with van der Waals surface area (Å²) in [5.74, 6) is -1.31. The SMILES string of the molecule is CCCCCCCCN(CCCCCCCC)S(=O)(=O)[C@H]1O[C@H](CO[Si](c2ccccc2)(c2ccccc2)C(C)(C)C)[C@@H](OC(C)=O)[C@@H]1OC(C)=O. The predicted molar refractivity (Wildman–Crippen MR) is 211 cm³/mol. The molecule has 0 aliphatic carbocycles. The maximum absolute atomic E-state index is 14.7. The number of ether oxygens (including phenoxy) is 3. The number of hydrogen-bond donors (Lipinski definition) is 0. The van der Waals surface area contributed by atoms with Gasteiger partial charge in [-0.1, -0.05) is 159 Å². The van der Waals surface area contributed by atoms with Crippen molar-refractivity contribution in [2.75, 3.05) is 19.7 Å². The zero-order valence-electron chi connectivity index (χ0n) is 32.8. The Morgan fingerprint density at radius 1 is 0.692 bits per heavy atom. The monoisotopic (exact) mass is 759 g/mol. The lowest BCUT2D eigenvalue weighted by atomic mass is 10.1. The largest absolute Gasteiger partial charge is 0.456 e. The smallest absolute Gasteiger partial charge is 0.303 e. The molecule has 0 unspecified atom stereocenters. The van der Waals surface area contributed by atoms with E-state index in [-0.39, 0.29) is 11.6 Å². The number of nitrogens with zero attached hydrogens (tertiary/aromatic N) is 1. The summed E-state index contributed by atoms with van der Waals surface area (Å²) in [6, 6.07) is 20.2. The van der Waals surface area contributed by atoms with Crippen LogP contribution in [-0.2, 0) is 38.2 Å². The summed E-state index contributed by atoms with van der Waals surface area (Å²) in [6.45, 7) is 13.9. The summed E-state index contributed by atoms with van der Waals surface area (Å²) in [6.07, 6.45) is 8.65. The van der Waals surface area contributed by atoms with Gasteiger partial charge in [0, 0.05) is 26.9 Å². The second-order valence-electron chi connectivity index (χ2n) is 15.1. The average Bonchev–Trinajstić information content (AvgIpc) is 3.43. The van der Waals surface area contributed by atoms with E-state index in [0.717, 1.165) is 87.4 Å². The number of carbonyl (C=O) groups excluding carboxylic acids is 2. The summed E-state index contributed by atoms with van der Waals surface area (Å²) in [5, 5.41) is 1.72. The van der Waals surface area contributed by atoms with E-state index in [1.165, 1.54) is 18.2 Å². The molecule has 52 heavy (non-hydrogen) atoms. The van der Waals surface area contributed by atoms with Crippen LogP contribution in [0.25, 0.3) is 0 Å². The van der Waals surface area contributed by atoms with E-state index < -0.39 is 54.0 Å². The summed E-state index contributed by atoms with van der Waals surface area (Å²) in [5.41, 5.74) is -1.56. The molecule has 292 valence electrons. The van der Waals surface area contributed by atoms with E-state index in [0.29, 0.717) is 13.1 Å². The lowest BCUT2D eigenvalue weighted by Gasteiger charge is -2.43. The molecule has 0 bridgehead atoms. The van der Waals surface area contributed by atoms with Crippen LogP contribution >= 0.6 is 0 Å². The third kappa shape index (κ3) is 12.0. The van der Waals surface area contributed by atoms with Crippen LogP contribution in [0.15, 0.2) is 60.7 Å². The molecular formula is C41H65NO8SSi. The summed E-state index contributed by atoms with van der Waals surface area (Å²) in [4.78, 5) is 25.1. The Bertz CT molecular complexity index is 1390. The molecule has 2 aromatic carbocycles. The first-order chi connectivity index (χ1) is 24.8. The van der Waals surface area contributed by atoms with E-state index in [4.69, 9.17) is 18.6 Å². The van der Waals surface area contributed by atoms with Gasteiger partial charge in [0.1, 0.15) is 6.10 Å². The summed E-state index contributed by atoms with van der Waals surface area (Å²) < 4.78 is 56.0. The first-order valence-electron chi connectivity index (χ1n) is 19.5. The van der Waals surface area contributed by atoms with Crippen molar-refractivity contribution < 1.29 is 36.6 Å². The van der Waals surface area contributed by atoms with E-state index in [2.05, 4.69) is 58.9 Å². The highest BCUT2D eigenvalue weighted by molar-refractivity contribution is 7.89. The first-order valence-corrected chi connectivity index (χ1v) is 22.9. The van der Waals surface area contributed by atoms with Crippen molar-refractivity contribution in [3.8, 4) is 0 Å². The molecule has 1 aliphatic heterocycles. The van der Waals surface area contributed by atoms with Gasteiger partial charge in [0.2, 0.25) is 15.5 Å². The molecule has 11 heteroatoms. The van der Waals surface area contributed by atoms with Gasteiger partial charge in [-0.2, -0.15) is 4.31 Å². The van der Waals surface area contributed by atoms with E-state index in [1.54, 1.807) is 0 Å². The maximum atomic E-state index is 14.7. The molecule has 2 aromatic rings. The van der Waals surface area contributed by atoms with Crippen molar-refractivity contribution >= 4 is 40.7 Å². The van der Waals surface area contributed by atoms with E-state index in [1.807, 2.05) is 36.4 Å². The fourth-order valence-electron chi connectivity index (χ4n) is 7.34. The van der Waals surface area contributed by atoms with Gasteiger partial charge in [0.05, 0.1) is 6.61 Å². The number of unbranched alkanes of at least 4 members (excludes halogenated alkanes) is 10. The number of carbonyl (C=O) groups is 2. The zero-order chi connectivity index (χ0) is 38.2. The van der Waals surface area contributed by atoms with E-state index in [9.17, 15) is 18.0 Å². The highest BCUT2D eigenvalue weighted by Gasteiger charge is 2.58. The fourth-order valence-corrected chi connectivity index (χ4v) is 13.8. The lowest BCUT2D eigenvalue weighted by molar-refractivity contribution is -0.163. The van der Waals surface area contributed by atoms with Crippen molar-refractivity contribution in [3.05, 3.63) is 60.7 Å². The standard InChI is InChI=1S/C41H65NO8SSi/c1-8-10-12-14-16-24-30-42(31-25-17-15-13-11-9-2)51(45,46)40-39(49-34(4)44)38(48-33(3)43)37(50-40)32-47-52(41(5,6)7,35-26-20-18-21-27-35)36-28-22-19-23-29-36/h18-23,26-29,37-40H,8-17,24-25,30-32H2,1-7H3/t37-,38-,39+,40-/m1/s1. The molecule has 1 heterocycles. The van der Waals surface area contributed by atoms with Gasteiger partial charge < -0.3 is 18.6 Å². The molecule has 1 saturated heterocycles. The molecule has 0 aromatic heterocycles. The molecule has 9 nitrogen and oxygen atoms in total. The Labute approximate surface area is 315 Å². The predicted octanol–water partition coefficient (Wildman–Crippen LogP) is 7.50. The van der Waals surface area contributed by atoms with Crippen LogP contribution < -0.4 is 10.4 Å². The maximum Gasteiger partial charge on any atom is 0.303 e. The zero-order valence-corrected chi connectivity index (χ0v) is 34.6. The second-order valence-corrected chi connectivity index (χ2v) is 21.5. The molecule has 1 fully saturated rings. The molecule has 1 aliphatic rings. The van der Waals surface area contributed by atoms with Gasteiger partial charge in [0.15, 0.2) is 12.2 Å². The summed E-state index contributed by atoms with van der Waals surface area (Å²) >= 11 is 0. The Morgan fingerprint density at radius 2 is 1.12 bits per heavy atom. The second kappa shape index (κ2) is 21.4. The van der Waals surface area contributed by atoms with Crippen LogP contribution in [-0.4, -0.2) is 76.4 Å². The molecule has 0 saturated carbocycles. The fraction of sp³-hybridized carbons (Fsp3) is 0.659. The molecule has 0 amide bonds. The van der Waals surface area contributed by atoms with Gasteiger partial charge in [-0.15, -0.1) is 0 Å². The number of esters is 2. The van der Waals surface area contributed by atoms with Gasteiger partial charge in [0.25, 0.3) is 8.32 Å². The first kappa shape index (κ1) is 43.8. The third-order valence-corrected chi connectivity index (χ3v) is 17.0. The molecule has 0 N–H and O–H groups in total. The van der Waals surface area contributed by atoms with Gasteiger partial charge in [-0.05, 0) is 28.3 Å². The van der Waals surface area contributed by atoms with Gasteiger partial charge in [-0.25, -0.2) is 8.42 Å². The van der Waals surface area contributed by atoms with Crippen LogP contribution in [0.1, 0.15) is 126 Å². The van der Waals surface area contributed by atoms with Crippen molar-refractivity contribution in [3.63, 3.8) is 0 Å². The molecule has 3 rings (SSSR count). The van der Waals surface area contributed by atoms with Crippen LogP contribution in [0, 0.1) is 0 Å². The normalized spacial score (nSPS) is 19.5. The van der Waals surface area contributed by atoms with Crippen LogP contribution in [0.2, 0.25) is 5.04 Å². The Balaban J connectivity index is 2.00. The van der Waals surface area contributed by atoms with Crippen LogP contribution in [0.5, 0.6) is 0 Å². The number of hydrogen-bond acceptors (Lipinski definition) is 8. The number of sulfonamides is 1.